The molecule has 3 aromatic carbocycles. The largest absolute Gasteiger partial charge is 0.490 e. The number of hydrogen-bond donors (Lipinski definition) is 0. The van der Waals surface area contributed by atoms with Crippen molar-refractivity contribution in [3.63, 3.8) is 0 Å². The first-order valence-corrected chi connectivity index (χ1v) is 10.8. The van der Waals surface area contributed by atoms with E-state index >= 15 is 0 Å². The molecule has 0 fully saturated rings. The quantitative estimate of drug-likeness (QED) is 0.517. The van der Waals surface area contributed by atoms with Crippen molar-refractivity contribution in [3.05, 3.63) is 89.5 Å². The molecule has 140 valence electrons. The van der Waals surface area contributed by atoms with Crippen LogP contribution >= 0.6 is 6.72 Å². The summed E-state index contributed by atoms with van der Waals surface area (Å²) < 4.78 is 17.6. The minimum atomic E-state index is -3.37. The minimum absolute atomic E-state index is 0.384. The summed E-state index contributed by atoms with van der Waals surface area (Å²) >= 11 is 5.58. The van der Waals surface area contributed by atoms with Gasteiger partial charge in [0.05, 0.1) is 34.9 Å². The van der Waals surface area contributed by atoms with Gasteiger partial charge in [0.25, 0.3) is 0 Å². The first-order chi connectivity index (χ1) is 14.0. The molecule has 0 unspecified atom stereocenters. The van der Waals surface area contributed by atoms with Crippen molar-refractivity contribution < 1.29 is 13.6 Å². The summed E-state index contributed by atoms with van der Waals surface area (Å²) in [5.41, 5.74) is 1.44. The summed E-state index contributed by atoms with van der Waals surface area (Å²) in [5.74, 6) is 1.15. The van der Waals surface area contributed by atoms with Crippen LogP contribution in [0, 0.1) is 34.0 Å². The highest BCUT2D eigenvalue weighted by Crippen LogP contribution is 2.50. The fourth-order valence-corrected chi connectivity index (χ4v) is 4.24. The van der Waals surface area contributed by atoms with Crippen molar-refractivity contribution in [2.24, 2.45) is 0 Å². The third-order valence-corrected chi connectivity index (χ3v) is 5.58. The average Bonchev–Trinajstić information content (AvgIpc) is 2.75. The van der Waals surface area contributed by atoms with E-state index in [1.165, 1.54) is 0 Å². The lowest BCUT2D eigenvalue weighted by Crippen LogP contribution is -2.07. The lowest BCUT2D eigenvalue weighted by Gasteiger charge is -2.23. The maximum absolute atomic E-state index is 8.94. The average molecular weight is 417 g/mol. The Morgan fingerprint density at radius 2 is 0.759 bits per heavy atom. The molecule has 29 heavy (non-hydrogen) atoms. The number of hydrogen-bond acceptors (Lipinski definition) is 7. The van der Waals surface area contributed by atoms with Crippen molar-refractivity contribution in [1.29, 1.82) is 15.8 Å². The maximum Gasteiger partial charge on any atom is 0.490 e. The Labute approximate surface area is 173 Å². The van der Waals surface area contributed by atoms with E-state index < -0.39 is 6.72 Å². The third kappa shape index (κ3) is 5.34. The lowest BCUT2D eigenvalue weighted by molar-refractivity contribution is 0.384. The van der Waals surface area contributed by atoms with Crippen LogP contribution in [0.3, 0.4) is 0 Å². The first kappa shape index (κ1) is 19.9. The van der Waals surface area contributed by atoms with Crippen LogP contribution in [0.25, 0.3) is 0 Å². The predicted octanol–water partition coefficient (Wildman–Crippen LogP) is 5.06. The molecule has 3 rings (SSSR count). The summed E-state index contributed by atoms with van der Waals surface area (Å²) in [6, 6.07) is 25.3. The van der Waals surface area contributed by atoms with Crippen LogP contribution < -0.4 is 13.6 Å². The summed E-state index contributed by atoms with van der Waals surface area (Å²) in [6.07, 6.45) is 0. The molecule has 0 heterocycles. The van der Waals surface area contributed by atoms with Gasteiger partial charge in [-0.05, 0) is 72.8 Å². The smallest absolute Gasteiger partial charge is 0.407 e. The SMILES string of the molecule is N#Cc1ccc(OP(=S)(Oc2ccc(C#N)cc2)Oc2ccc(C#N)cc2)cc1. The molecule has 0 radical (unpaired) electrons. The molecule has 8 heteroatoms. The molecule has 0 aromatic heterocycles. The van der Waals surface area contributed by atoms with E-state index in [1.807, 2.05) is 18.2 Å². The Hall–Kier alpha value is -3.82. The van der Waals surface area contributed by atoms with Gasteiger partial charge in [0, 0.05) is 11.8 Å². The van der Waals surface area contributed by atoms with Crippen LogP contribution in [0.5, 0.6) is 17.2 Å². The highest BCUT2D eigenvalue weighted by atomic mass is 32.5. The standard InChI is InChI=1S/C21H12N3O3PS/c22-13-16-1-7-19(8-2-16)25-28(29,26-20-9-3-17(14-23)4-10-20)27-21-11-5-18(15-24)6-12-21/h1-12H. The third-order valence-electron chi connectivity index (χ3n) is 3.60. The van der Waals surface area contributed by atoms with Crippen LogP contribution in [-0.4, -0.2) is 0 Å². The molecule has 0 saturated carbocycles. The van der Waals surface area contributed by atoms with Gasteiger partial charge in [-0.25, -0.2) is 0 Å². The highest BCUT2D eigenvalue weighted by molar-refractivity contribution is 8.08. The fourth-order valence-electron chi connectivity index (χ4n) is 2.21. The van der Waals surface area contributed by atoms with Crippen molar-refractivity contribution >= 4 is 18.5 Å². The Bertz CT molecular complexity index is 1020. The number of nitrogens with zero attached hydrogens (tertiary/aromatic N) is 3. The lowest BCUT2D eigenvalue weighted by atomic mass is 10.2. The topological polar surface area (TPSA) is 99.1 Å². The van der Waals surface area contributed by atoms with Gasteiger partial charge in [-0.3, -0.25) is 0 Å². The van der Waals surface area contributed by atoms with Crippen LogP contribution in [0.4, 0.5) is 0 Å². The normalized spacial score (nSPS) is 10.1. The van der Waals surface area contributed by atoms with Gasteiger partial charge in [0.1, 0.15) is 17.2 Å². The zero-order chi connectivity index (χ0) is 20.7. The zero-order valence-corrected chi connectivity index (χ0v) is 16.6. The Kier molecular flexibility index (Phi) is 6.12. The van der Waals surface area contributed by atoms with Crippen molar-refractivity contribution in [3.8, 4) is 35.5 Å². The first-order valence-electron chi connectivity index (χ1n) is 8.23. The Balaban J connectivity index is 1.89. The molecule has 0 N–H and O–H groups in total. The number of benzene rings is 3. The molecular formula is C21H12N3O3PS. The van der Waals surface area contributed by atoms with E-state index in [9.17, 15) is 0 Å². The van der Waals surface area contributed by atoms with Crippen LogP contribution in [-0.2, 0) is 11.8 Å². The van der Waals surface area contributed by atoms with Gasteiger partial charge < -0.3 is 13.6 Å². The van der Waals surface area contributed by atoms with Gasteiger partial charge >= 0.3 is 6.72 Å². The second-order valence-corrected chi connectivity index (χ2v) is 8.41. The molecule has 6 nitrogen and oxygen atoms in total. The molecule has 0 saturated heterocycles. The Morgan fingerprint density at radius 3 is 0.966 bits per heavy atom. The minimum Gasteiger partial charge on any atom is -0.407 e. The van der Waals surface area contributed by atoms with Gasteiger partial charge in [-0.1, -0.05) is 0 Å². The molecule has 0 amide bonds. The summed E-state index contributed by atoms with van der Waals surface area (Å²) in [7, 11) is 0. The molecule has 0 aliphatic carbocycles. The van der Waals surface area contributed by atoms with Gasteiger partial charge in [0.2, 0.25) is 0 Å². The zero-order valence-electron chi connectivity index (χ0n) is 14.9. The summed E-state index contributed by atoms with van der Waals surface area (Å²) in [5, 5.41) is 26.8. The van der Waals surface area contributed by atoms with E-state index in [0.29, 0.717) is 33.9 Å². The van der Waals surface area contributed by atoms with E-state index in [0.717, 1.165) is 0 Å². The van der Waals surface area contributed by atoms with E-state index in [2.05, 4.69) is 0 Å². The second kappa shape index (κ2) is 8.91. The number of rotatable bonds is 6. The van der Waals surface area contributed by atoms with E-state index in [1.54, 1.807) is 72.8 Å². The monoisotopic (exact) mass is 417 g/mol. The molecule has 0 aliphatic rings. The van der Waals surface area contributed by atoms with Crippen LogP contribution in [0.1, 0.15) is 16.7 Å². The molecule has 0 bridgehead atoms. The predicted molar refractivity (Wildman–Crippen MR) is 110 cm³/mol. The van der Waals surface area contributed by atoms with Crippen LogP contribution in [0.2, 0.25) is 0 Å². The molecule has 0 spiro atoms. The van der Waals surface area contributed by atoms with Crippen molar-refractivity contribution in [1.82, 2.24) is 0 Å². The summed E-state index contributed by atoms with van der Waals surface area (Å²) in [6.45, 7) is -3.37. The number of nitriles is 3. The highest BCUT2D eigenvalue weighted by Gasteiger charge is 2.27. The van der Waals surface area contributed by atoms with E-state index in [-0.39, 0.29) is 0 Å². The van der Waals surface area contributed by atoms with Gasteiger partial charge in [-0.2, -0.15) is 15.8 Å². The second-order valence-electron chi connectivity index (χ2n) is 5.63. The van der Waals surface area contributed by atoms with Gasteiger partial charge in [0.15, 0.2) is 0 Å². The molecule has 0 aliphatic heterocycles. The van der Waals surface area contributed by atoms with Crippen molar-refractivity contribution in [2.45, 2.75) is 0 Å². The molecule has 3 aromatic rings. The maximum atomic E-state index is 8.94. The van der Waals surface area contributed by atoms with E-state index in [4.69, 9.17) is 41.2 Å². The summed E-state index contributed by atoms with van der Waals surface area (Å²) in [4.78, 5) is 0. The van der Waals surface area contributed by atoms with Crippen LogP contribution in [0.15, 0.2) is 72.8 Å². The Morgan fingerprint density at radius 1 is 0.517 bits per heavy atom. The molecule has 0 atom stereocenters. The molecular weight excluding hydrogens is 405 g/mol. The van der Waals surface area contributed by atoms with Crippen molar-refractivity contribution in [2.75, 3.05) is 0 Å². The van der Waals surface area contributed by atoms with Gasteiger partial charge in [-0.15, -0.1) is 0 Å². The fraction of sp³-hybridized carbons (Fsp3) is 0.